The number of benzene rings is 2. The number of fused-ring (bicyclic) bond motifs is 1. The van der Waals surface area contributed by atoms with E-state index in [9.17, 15) is 45.6 Å². The normalized spacial score (nSPS) is 25.3. The quantitative estimate of drug-likeness (QED) is 0.181. The Morgan fingerprint density at radius 3 is 2.21 bits per heavy atom. The van der Waals surface area contributed by atoms with Gasteiger partial charge in [0.05, 0.1) is 6.61 Å². The maximum absolute atomic E-state index is 13.3. The maximum atomic E-state index is 13.3. The number of phenolic OH excluding ortho intramolecular Hbond substituents is 4. The van der Waals surface area contributed by atoms with E-state index in [1.54, 1.807) is 0 Å². The van der Waals surface area contributed by atoms with Crippen LogP contribution in [-0.4, -0.2) is 78.2 Å². The number of aliphatic hydroxyl groups is 4. The largest absolute Gasteiger partial charge is 0.508 e. The first-order valence-electron chi connectivity index (χ1n) is 9.65. The van der Waals surface area contributed by atoms with Gasteiger partial charge in [-0.05, 0) is 24.3 Å². The summed E-state index contributed by atoms with van der Waals surface area (Å²) in [6.07, 6.45) is -8.40. The minimum absolute atomic E-state index is 0.114. The molecule has 12 nitrogen and oxygen atoms in total. The van der Waals surface area contributed by atoms with Crippen molar-refractivity contribution in [3.05, 3.63) is 40.6 Å². The average Bonchev–Trinajstić information content (AvgIpc) is 2.79. The van der Waals surface area contributed by atoms with Gasteiger partial charge in [-0.1, -0.05) is 0 Å². The van der Waals surface area contributed by atoms with Crippen LogP contribution < -0.4 is 10.2 Å². The lowest BCUT2D eigenvalue weighted by Gasteiger charge is -2.39. The van der Waals surface area contributed by atoms with Crippen molar-refractivity contribution < 1.29 is 54.7 Å². The van der Waals surface area contributed by atoms with Gasteiger partial charge in [0.2, 0.25) is 23.2 Å². The van der Waals surface area contributed by atoms with Crippen molar-refractivity contribution in [2.75, 3.05) is 6.61 Å². The second-order valence-corrected chi connectivity index (χ2v) is 7.42. The van der Waals surface area contributed by atoms with E-state index >= 15 is 0 Å². The van der Waals surface area contributed by atoms with Crippen LogP contribution in [0, 0.1) is 0 Å². The van der Waals surface area contributed by atoms with Gasteiger partial charge in [0.15, 0.2) is 17.1 Å². The second kappa shape index (κ2) is 8.42. The summed E-state index contributed by atoms with van der Waals surface area (Å²) >= 11 is 0. The van der Waals surface area contributed by atoms with Gasteiger partial charge in [-0.15, -0.1) is 0 Å². The molecule has 4 rings (SSSR count). The molecular weight excluding hydrogens is 444 g/mol. The van der Waals surface area contributed by atoms with Crippen LogP contribution in [0.4, 0.5) is 0 Å². The lowest BCUT2D eigenvalue weighted by Crippen LogP contribution is -2.60. The molecule has 1 aliphatic heterocycles. The Kier molecular flexibility index (Phi) is 5.78. The monoisotopic (exact) mass is 464 g/mol. The summed E-state index contributed by atoms with van der Waals surface area (Å²) in [4.78, 5) is 13.3. The fourth-order valence-corrected chi connectivity index (χ4v) is 3.50. The predicted molar refractivity (Wildman–Crippen MR) is 109 cm³/mol. The Balaban J connectivity index is 1.92. The molecule has 1 aromatic heterocycles. The molecule has 0 bridgehead atoms. The van der Waals surface area contributed by atoms with Crippen LogP contribution >= 0.6 is 0 Å². The molecule has 1 saturated heterocycles. The van der Waals surface area contributed by atoms with Crippen molar-refractivity contribution in [3.8, 4) is 40.1 Å². The lowest BCUT2D eigenvalue weighted by atomic mass is 9.99. The molecule has 0 saturated carbocycles. The molecule has 0 unspecified atom stereocenters. The SMILES string of the molecule is O=c1c(O[C@@H]2O[C@@H](CO)[C@H](O)[C@H](O)[C@@H]2O)c(-c2ccc(O)cc2)oc2c(O)c(O)cc(O)c12. The van der Waals surface area contributed by atoms with Gasteiger partial charge < -0.3 is 54.7 Å². The van der Waals surface area contributed by atoms with Crippen molar-refractivity contribution in [1.82, 2.24) is 0 Å². The van der Waals surface area contributed by atoms with Crippen molar-refractivity contribution in [2.45, 2.75) is 30.7 Å². The summed E-state index contributed by atoms with van der Waals surface area (Å²) in [6.45, 7) is -0.740. The lowest BCUT2D eigenvalue weighted by molar-refractivity contribution is -0.277. The van der Waals surface area contributed by atoms with Crippen LogP contribution in [0.25, 0.3) is 22.3 Å². The molecule has 0 spiro atoms. The Hall–Kier alpha value is -3.55. The number of aromatic hydroxyl groups is 4. The standard InChI is InChI=1S/C21H20O12/c22-6-11-14(27)16(29)17(30)21(31-11)33-20-15(28)12-9(24)5-10(25)13(26)19(12)32-18(20)7-1-3-8(23)4-2-7/h1-5,11,14,16-17,21-27,29-30H,6H2/t11-,14-,16-,17-,21-/m0/s1. The first-order chi connectivity index (χ1) is 15.6. The smallest absolute Gasteiger partial charge is 0.239 e. The molecule has 1 fully saturated rings. The average molecular weight is 464 g/mol. The summed E-state index contributed by atoms with van der Waals surface area (Å²) < 4.78 is 16.4. The van der Waals surface area contributed by atoms with Crippen molar-refractivity contribution in [2.24, 2.45) is 0 Å². The van der Waals surface area contributed by atoms with E-state index < -0.39 is 76.7 Å². The first-order valence-corrected chi connectivity index (χ1v) is 9.65. The third-order valence-electron chi connectivity index (χ3n) is 5.27. The maximum Gasteiger partial charge on any atom is 0.239 e. The Morgan fingerprint density at radius 2 is 1.58 bits per heavy atom. The van der Waals surface area contributed by atoms with E-state index in [2.05, 4.69) is 0 Å². The Labute approximate surface area is 184 Å². The zero-order chi connectivity index (χ0) is 24.0. The van der Waals surface area contributed by atoms with Gasteiger partial charge >= 0.3 is 0 Å². The zero-order valence-corrected chi connectivity index (χ0v) is 16.7. The number of hydrogen-bond donors (Lipinski definition) is 8. The number of hydrogen-bond acceptors (Lipinski definition) is 12. The van der Waals surface area contributed by atoms with Gasteiger partial charge in [0.1, 0.15) is 41.3 Å². The molecule has 2 heterocycles. The van der Waals surface area contributed by atoms with Gasteiger partial charge in [-0.25, -0.2) is 0 Å². The third kappa shape index (κ3) is 3.79. The molecule has 12 heteroatoms. The molecule has 0 amide bonds. The molecule has 176 valence electrons. The molecule has 0 radical (unpaired) electrons. The van der Waals surface area contributed by atoms with Crippen LogP contribution in [-0.2, 0) is 4.74 Å². The van der Waals surface area contributed by atoms with E-state index in [1.807, 2.05) is 0 Å². The molecular formula is C21H20O12. The van der Waals surface area contributed by atoms with Gasteiger partial charge in [0, 0.05) is 11.6 Å². The Morgan fingerprint density at radius 1 is 0.909 bits per heavy atom. The minimum Gasteiger partial charge on any atom is -0.508 e. The number of rotatable bonds is 4. The van der Waals surface area contributed by atoms with Crippen molar-refractivity contribution in [1.29, 1.82) is 0 Å². The summed E-state index contributed by atoms with van der Waals surface area (Å²) in [5, 5.41) is 78.8. The van der Waals surface area contributed by atoms with E-state index in [0.717, 1.165) is 0 Å². The molecule has 0 aliphatic carbocycles. The highest BCUT2D eigenvalue weighted by Gasteiger charge is 2.45. The summed E-state index contributed by atoms with van der Waals surface area (Å²) in [5.41, 5.74) is -1.46. The van der Waals surface area contributed by atoms with E-state index in [1.165, 1.54) is 24.3 Å². The fraction of sp³-hybridized carbons (Fsp3) is 0.286. The van der Waals surface area contributed by atoms with Crippen LogP contribution in [0.1, 0.15) is 0 Å². The minimum atomic E-state index is -1.85. The van der Waals surface area contributed by atoms with E-state index in [4.69, 9.17) is 13.9 Å². The van der Waals surface area contributed by atoms with E-state index in [0.29, 0.717) is 6.07 Å². The highest BCUT2D eigenvalue weighted by molar-refractivity contribution is 5.93. The van der Waals surface area contributed by atoms with Crippen LogP contribution in [0.2, 0.25) is 0 Å². The van der Waals surface area contributed by atoms with Crippen LogP contribution in [0.5, 0.6) is 28.7 Å². The zero-order valence-electron chi connectivity index (χ0n) is 16.7. The second-order valence-electron chi connectivity index (χ2n) is 7.42. The molecule has 33 heavy (non-hydrogen) atoms. The number of phenols is 4. The van der Waals surface area contributed by atoms with Crippen molar-refractivity contribution >= 4 is 11.0 Å². The summed E-state index contributed by atoms with van der Waals surface area (Å²) in [7, 11) is 0. The molecule has 2 aromatic carbocycles. The van der Waals surface area contributed by atoms with Gasteiger partial charge in [0.25, 0.3) is 0 Å². The topological polar surface area (TPSA) is 211 Å². The molecule has 3 aromatic rings. The predicted octanol–water partition coefficient (Wildman–Crippen LogP) is -0.539. The third-order valence-corrected chi connectivity index (χ3v) is 5.27. The molecule has 5 atom stereocenters. The van der Waals surface area contributed by atoms with Crippen LogP contribution in [0.15, 0.2) is 39.5 Å². The highest BCUT2D eigenvalue weighted by Crippen LogP contribution is 2.42. The fourth-order valence-electron chi connectivity index (χ4n) is 3.50. The summed E-state index contributed by atoms with van der Waals surface area (Å²) in [5.74, 6) is -3.43. The molecule has 1 aliphatic rings. The van der Waals surface area contributed by atoms with Gasteiger partial charge in [-0.3, -0.25) is 4.79 Å². The van der Waals surface area contributed by atoms with Crippen LogP contribution in [0.3, 0.4) is 0 Å². The first kappa shape index (κ1) is 22.6. The summed E-state index contributed by atoms with van der Waals surface area (Å²) in [6, 6.07) is 5.90. The van der Waals surface area contributed by atoms with Gasteiger partial charge in [-0.2, -0.15) is 0 Å². The highest BCUT2D eigenvalue weighted by atomic mass is 16.7. The molecule has 8 N–H and O–H groups in total. The Bertz CT molecular complexity index is 1230. The van der Waals surface area contributed by atoms with E-state index in [-0.39, 0.29) is 17.1 Å². The number of ether oxygens (including phenoxy) is 2. The number of aliphatic hydroxyl groups excluding tert-OH is 4. The van der Waals surface area contributed by atoms with Crippen molar-refractivity contribution in [3.63, 3.8) is 0 Å².